The highest BCUT2D eigenvalue weighted by Gasteiger charge is 2.20. The van der Waals surface area contributed by atoms with Gasteiger partial charge in [-0.25, -0.2) is 8.42 Å². The lowest BCUT2D eigenvalue weighted by Crippen LogP contribution is -2.22. The Morgan fingerprint density at radius 2 is 2.00 bits per heavy atom. The Hall–Kier alpha value is -2.52. The fourth-order valence-corrected chi connectivity index (χ4v) is 3.95. The third-order valence-electron chi connectivity index (χ3n) is 3.26. The molecule has 9 heteroatoms. The van der Waals surface area contributed by atoms with E-state index in [2.05, 4.69) is 13.5 Å². The van der Waals surface area contributed by atoms with E-state index in [1.165, 1.54) is 24.3 Å². The maximum absolute atomic E-state index is 12.6. The Morgan fingerprint density at radius 1 is 1.22 bits per heavy atom. The van der Waals surface area contributed by atoms with Gasteiger partial charge in [-0.15, -0.1) is 0 Å². The van der Waals surface area contributed by atoms with Gasteiger partial charge in [0.05, 0.1) is 23.4 Å². The molecule has 1 aromatic heterocycles. The summed E-state index contributed by atoms with van der Waals surface area (Å²) in [5, 5.41) is 10.9. The van der Waals surface area contributed by atoms with Gasteiger partial charge in [0.15, 0.2) is 0 Å². The summed E-state index contributed by atoms with van der Waals surface area (Å²) < 4.78 is 35.6. The van der Waals surface area contributed by atoms with Crippen molar-refractivity contribution >= 4 is 44.4 Å². The predicted octanol–water partition coefficient (Wildman–Crippen LogP) is 1.16. The number of anilines is 1. The Balaban J connectivity index is 2.07. The first kappa shape index (κ1) is 15.4. The molecule has 0 fully saturated rings. The number of fused-ring (bicyclic) bond motifs is 1. The standard InChI is InChI=1S/C14H11N3O4S2/c1-8-5-6-9(14(18)19)7-11(8)17-23(20,21)12-4-2-3-10-13(12)16-22-15-10/h2-7,17H,1H3,(H,18,19)/p-1. The van der Waals surface area contributed by atoms with E-state index in [9.17, 15) is 18.3 Å². The predicted molar refractivity (Wildman–Crippen MR) is 83.7 cm³/mol. The number of carboxylic acids is 1. The number of hydrogen-bond acceptors (Lipinski definition) is 7. The van der Waals surface area contributed by atoms with Crippen molar-refractivity contribution in [3.8, 4) is 0 Å². The number of aryl methyl sites for hydroxylation is 1. The molecule has 0 aliphatic rings. The van der Waals surface area contributed by atoms with E-state index >= 15 is 0 Å². The van der Waals surface area contributed by atoms with E-state index in [0.29, 0.717) is 11.1 Å². The van der Waals surface area contributed by atoms with Crippen molar-refractivity contribution in [1.82, 2.24) is 8.75 Å². The first-order valence-electron chi connectivity index (χ1n) is 6.44. The molecule has 7 nitrogen and oxygen atoms in total. The van der Waals surface area contributed by atoms with Gasteiger partial charge >= 0.3 is 0 Å². The van der Waals surface area contributed by atoms with Crippen LogP contribution < -0.4 is 9.83 Å². The van der Waals surface area contributed by atoms with Crippen molar-refractivity contribution in [2.75, 3.05) is 4.72 Å². The van der Waals surface area contributed by atoms with Crippen LogP contribution in [0.3, 0.4) is 0 Å². The van der Waals surface area contributed by atoms with Crippen LogP contribution >= 0.6 is 11.7 Å². The number of aromatic carboxylic acids is 1. The molecule has 23 heavy (non-hydrogen) atoms. The first-order valence-corrected chi connectivity index (χ1v) is 8.66. The van der Waals surface area contributed by atoms with Crippen LogP contribution in [0.15, 0.2) is 41.3 Å². The third-order valence-corrected chi connectivity index (χ3v) is 5.20. The maximum Gasteiger partial charge on any atom is 0.264 e. The van der Waals surface area contributed by atoms with Crippen molar-refractivity contribution in [3.05, 3.63) is 47.5 Å². The molecule has 1 heterocycles. The number of nitrogens with zero attached hydrogens (tertiary/aromatic N) is 2. The third kappa shape index (κ3) is 2.88. The number of nitrogens with one attached hydrogen (secondary N) is 1. The van der Waals surface area contributed by atoms with Crippen LogP contribution in [0.5, 0.6) is 0 Å². The largest absolute Gasteiger partial charge is 0.545 e. The average Bonchev–Trinajstić information content (AvgIpc) is 2.97. The lowest BCUT2D eigenvalue weighted by molar-refractivity contribution is -0.255. The minimum Gasteiger partial charge on any atom is -0.545 e. The summed E-state index contributed by atoms with van der Waals surface area (Å²) in [6.07, 6.45) is 0. The molecule has 0 unspecified atom stereocenters. The Kier molecular flexibility index (Phi) is 3.74. The van der Waals surface area contributed by atoms with E-state index < -0.39 is 16.0 Å². The molecule has 0 saturated heterocycles. The quantitative estimate of drug-likeness (QED) is 0.757. The SMILES string of the molecule is Cc1ccc(C(=O)[O-])cc1NS(=O)(=O)c1cccc2nsnc12. The number of sulfonamides is 1. The molecule has 0 aliphatic carbocycles. The van der Waals surface area contributed by atoms with Gasteiger partial charge < -0.3 is 9.90 Å². The summed E-state index contributed by atoms with van der Waals surface area (Å²) in [5.74, 6) is -1.38. The smallest absolute Gasteiger partial charge is 0.264 e. The minimum atomic E-state index is -3.93. The average molecular weight is 348 g/mol. The van der Waals surface area contributed by atoms with Crippen molar-refractivity contribution in [3.63, 3.8) is 0 Å². The molecule has 0 amide bonds. The number of aromatic nitrogens is 2. The molecular weight excluding hydrogens is 338 g/mol. The van der Waals surface area contributed by atoms with Crippen molar-refractivity contribution in [2.45, 2.75) is 11.8 Å². The number of hydrogen-bond donors (Lipinski definition) is 1. The van der Waals surface area contributed by atoms with Gasteiger partial charge in [0.1, 0.15) is 15.9 Å². The summed E-state index contributed by atoms with van der Waals surface area (Å²) in [6.45, 7) is 1.67. The van der Waals surface area contributed by atoms with E-state index in [-0.39, 0.29) is 21.7 Å². The zero-order chi connectivity index (χ0) is 16.6. The van der Waals surface area contributed by atoms with E-state index in [1.54, 1.807) is 19.1 Å². The van der Waals surface area contributed by atoms with Crippen LogP contribution in [-0.4, -0.2) is 23.1 Å². The topological polar surface area (TPSA) is 112 Å². The van der Waals surface area contributed by atoms with Crippen molar-refractivity contribution in [1.29, 1.82) is 0 Å². The molecule has 0 radical (unpaired) electrons. The fraction of sp³-hybridized carbons (Fsp3) is 0.0714. The van der Waals surface area contributed by atoms with Gasteiger partial charge in [-0.1, -0.05) is 18.2 Å². The molecular formula is C14H10N3O4S2-. The molecule has 0 saturated carbocycles. The van der Waals surface area contributed by atoms with Crippen LogP contribution in [-0.2, 0) is 10.0 Å². The molecule has 3 rings (SSSR count). The molecule has 0 spiro atoms. The number of carboxylic acid groups (broad SMARTS) is 1. The Bertz CT molecular complexity index is 1010. The molecule has 118 valence electrons. The Morgan fingerprint density at radius 3 is 2.74 bits per heavy atom. The normalized spacial score (nSPS) is 11.5. The van der Waals surface area contributed by atoms with Crippen LogP contribution in [0.1, 0.15) is 15.9 Å². The van der Waals surface area contributed by atoms with Gasteiger partial charge in [0.2, 0.25) is 0 Å². The summed E-state index contributed by atoms with van der Waals surface area (Å²) in [5.41, 5.74) is 1.41. The highest BCUT2D eigenvalue weighted by atomic mass is 32.2. The lowest BCUT2D eigenvalue weighted by Gasteiger charge is -2.13. The number of carbonyl (C=O) groups is 1. The van der Waals surface area contributed by atoms with Gasteiger partial charge in [-0.3, -0.25) is 4.72 Å². The second-order valence-electron chi connectivity index (χ2n) is 4.81. The van der Waals surface area contributed by atoms with Crippen molar-refractivity contribution in [2.24, 2.45) is 0 Å². The molecule has 0 bridgehead atoms. The van der Waals surface area contributed by atoms with E-state index in [4.69, 9.17) is 0 Å². The minimum absolute atomic E-state index is 0.0120. The molecule has 2 aromatic carbocycles. The summed E-state index contributed by atoms with van der Waals surface area (Å²) in [4.78, 5) is 10.9. The number of rotatable bonds is 4. The highest BCUT2D eigenvalue weighted by molar-refractivity contribution is 7.93. The lowest BCUT2D eigenvalue weighted by atomic mass is 10.1. The number of benzene rings is 2. The van der Waals surface area contributed by atoms with Gasteiger partial charge in [0.25, 0.3) is 10.0 Å². The van der Waals surface area contributed by atoms with Crippen LogP contribution in [0.2, 0.25) is 0 Å². The summed E-state index contributed by atoms with van der Waals surface area (Å²) in [6, 6.07) is 8.75. The second-order valence-corrected chi connectivity index (χ2v) is 6.99. The molecule has 3 aromatic rings. The van der Waals surface area contributed by atoms with E-state index in [0.717, 1.165) is 11.7 Å². The van der Waals surface area contributed by atoms with Gasteiger partial charge in [-0.2, -0.15) is 8.75 Å². The molecule has 1 N–H and O–H groups in total. The Labute approximate surface area is 136 Å². The second kappa shape index (κ2) is 5.60. The maximum atomic E-state index is 12.6. The zero-order valence-corrected chi connectivity index (χ0v) is 13.4. The van der Waals surface area contributed by atoms with Gasteiger partial charge in [0, 0.05) is 0 Å². The monoisotopic (exact) mass is 348 g/mol. The van der Waals surface area contributed by atoms with Crippen LogP contribution in [0.25, 0.3) is 11.0 Å². The summed E-state index contributed by atoms with van der Waals surface area (Å²) in [7, 11) is -3.93. The highest BCUT2D eigenvalue weighted by Crippen LogP contribution is 2.25. The van der Waals surface area contributed by atoms with Crippen molar-refractivity contribution < 1.29 is 18.3 Å². The van der Waals surface area contributed by atoms with E-state index in [1.807, 2.05) is 0 Å². The first-order chi connectivity index (χ1) is 10.9. The van der Waals surface area contributed by atoms with Crippen LogP contribution in [0.4, 0.5) is 5.69 Å². The zero-order valence-electron chi connectivity index (χ0n) is 11.8. The van der Waals surface area contributed by atoms with Crippen LogP contribution in [0, 0.1) is 6.92 Å². The van der Waals surface area contributed by atoms with Gasteiger partial charge in [-0.05, 0) is 36.2 Å². The molecule has 0 aliphatic heterocycles. The fourth-order valence-electron chi connectivity index (χ4n) is 2.06. The summed E-state index contributed by atoms with van der Waals surface area (Å²) >= 11 is 0.921. The molecule has 0 atom stereocenters. The number of carbonyl (C=O) groups excluding carboxylic acids is 1.